The molecule has 0 aliphatic carbocycles. The van der Waals surface area contributed by atoms with E-state index >= 15 is 0 Å². The molecule has 0 spiro atoms. The molecule has 20 heavy (non-hydrogen) atoms. The van der Waals surface area contributed by atoms with Crippen LogP contribution in [0.4, 0.5) is 4.79 Å². The molecule has 0 radical (unpaired) electrons. The van der Waals surface area contributed by atoms with Gasteiger partial charge in [-0.05, 0) is 12.0 Å². The van der Waals surface area contributed by atoms with Crippen LogP contribution < -0.4 is 5.32 Å². The highest BCUT2D eigenvalue weighted by Gasteiger charge is 2.36. The number of amides is 1. The molecule has 3 atom stereocenters. The molecular weight excluding hydrogens is 262 g/mol. The summed E-state index contributed by atoms with van der Waals surface area (Å²) in [5, 5.41) is 21.3. The van der Waals surface area contributed by atoms with Gasteiger partial charge in [0.1, 0.15) is 12.7 Å². The topological polar surface area (TPSA) is 88.0 Å². The van der Waals surface area contributed by atoms with Crippen LogP contribution in [0.3, 0.4) is 0 Å². The molecule has 0 saturated carbocycles. The van der Waals surface area contributed by atoms with E-state index < -0.39 is 24.3 Å². The quantitative estimate of drug-likeness (QED) is 0.728. The van der Waals surface area contributed by atoms with E-state index in [4.69, 9.17) is 14.6 Å². The van der Waals surface area contributed by atoms with Gasteiger partial charge in [-0.3, -0.25) is 0 Å². The van der Waals surface area contributed by atoms with Crippen molar-refractivity contribution in [3.8, 4) is 0 Å². The number of hydrogen-bond donors (Lipinski definition) is 3. The van der Waals surface area contributed by atoms with E-state index in [1.54, 1.807) is 0 Å². The average Bonchev–Trinajstić information content (AvgIpc) is 2.80. The summed E-state index contributed by atoms with van der Waals surface area (Å²) in [7, 11) is 0. The molecule has 1 fully saturated rings. The fourth-order valence-electron chi connectivity index (χ4n) is 2.11. The van der Waals surface area contributed by atoms with Gasteiger partial charge >= 0.3 is 6.09 Å². The number of benzene rings is 1. The molecule has 0 aromatic heterocycles. The van der Waals surface area contributed by atoms with Crippen molar-refractivity contribution in [3.05, 3.63) is 35.9 Å². The van der Waals surface area contributed by atoms with Crippen LogP contribution in [0.5, 0.6) is 0 Å². The minimum absolute atomic E-state index is 0.0626. The van der Waals surface area contributed by atoms with E-state index in [1.807, 2.05) is 30.3 Å². The number of rotatable bonds is 5. The summed E-state index contributed by atoms with van der Waals surface area (Å²) in [4.78, 5) is 11.6. The molecule has 0 bridgehead atoms. The van der Waals surface area contributed by atoms with Crippen molar-refractivity contribution in [2.45, 2.75) is 31.3 Å². The van der Waals surface area contributed by atoms with E-state index in [9.17, 15) is 9.90 Å². The zero-order valence-electron chi connectivity index (χ0n) is 11.1. The van der Waals surface area contributed by atoms with Crippen LogP contribution >= 0.6 is 0 Å². The first kappa shape index (κ1) is 14.8. The van der Waals surface area contributed by atoms with Crippen LogP contribution in [0.15, 0.2) is 30.3 Å². The highest BCUT2D eigenvalue weighted by molar-refractivity contribution is 5.67. The zero-order chi connectivity index (χ0) is 14.4. The van der Waals surface area contributed by atoms with Crippen molar-refractivity contribution < 1.29 is 24.5 Å². The summed E-state index contributed by atoms with van der Waals surface area (Å²) in [6.45, 7) is 0.329. The fraction of sp³-hybridized carbons (Fsp3) is 0.500. The first-order valence-electron chi connectivity index (χ1n) is 6.58. The van der Waals surface area contributed by atoms with Crippen molar-refractivity contribution in [1.82, 2.24) is 5.32 Å². The van der Waals surface area contributed by atoms with E-state index in [0.29, 0.717) is 6.42 Å². The Kier molecular flexibility index (Phi) is 5.34. The third-order valence-electron chi connectivity index (χ3n) is 3.21. The normalized spacial score (nSPS) is 25.4. The van der Waals surface area contributed by atoms with Gasteiger partial charge in [0.25, 0.3) is 0 Å². The van der Waals surface area contributed by atoms with Gasteiger partial charge in [-0.15, -0.1) is 0 Å². The number of aliphatic hydroxyl groups is 2. The number of aliphatic hydroxyl groups excluding tert-OH is 2. The van der Waals surface area contributed by atoms with Crippen LogP contribution in [0.2, 0.25) is 0 Å². The Hall–Kier alpha value is -1.63. The number of nitrogens with one attached hydrogen (secondary N) is 1. The Labute approximate surface area is 117 Å². The number of carbonyl (C=O) groups is 1. The molecule has 1 heterocycles. The van der Waals surface area contributed by atoms with Gasteiger partial charge < -0.3 is 25.0 Å². The van der Waals surface area contributed by atoms with Gasteiger partial charge in [0.2, 0.25) is 0 Å². The maximum absolute atomic E-state index is 11.6. The lowest BCUT2D eigenvalue weighted by molar-refractivity contribution is 0.0240. The zero-order valence-corrected chi connectivity index (χ0v) is 11.1. The third-order valence-corrected chi connectivity index (χ3v) is 3.21. The summed E-state index contributed by atoms with van der Waals surface area (Å²) >= 11 is 0. The van der Waals surface area contributed by atoms with Gasteiger partial charge in [0.15, 0.2) is 0 Å². The standard InChI is InChI=1S/C14H19NO5/c16-7-6-12-13(17)11(9-19-12)15-14(18)20-8-10-4-2-1-3-5-10/h1-5,11-13,16-17H,6-9H2,(H,15,18)/t11-,12-,13-/m0/s1. The van der Waals surface area contributed by atoms with E-state index in [2.05, 4.69) is 5.32 Å². The smallest absolute Gasteiger partial charge is 0.407 e. The minimum Gasteiger partial charge on any atom is -0.445 e. The lowest BCUT2D eigenvalue weighted by atomic mass is 10.1. The molecule has 6 nitrogen and oxygen atoms in total. The molecule has 1 aliphatic rings. The van der Waals surface area contributed by atoms with Gasteiger partial charge in [0.05, 0.1) is 18.8 Å². The Morgan fingerprint density at radius 3 is 2.85 bits per heavy atom. The van der Waals surface area contributed by atoms with Crippen molar-refractivity contribution in [2.24, 2.45) is 0 Å². The van der Waals surface area contributed by atoms with Crippen molar-refractivity contribution >= 4 is 6.09 Å². The van der Waals surface area contributed by atoms with Crippen LogP contribution in [0, 0.1) is 0 Å². The first-order chi connectivity index (χ1) is 9.70. The summed E-state index contributed by atoms with van der Waals surface area (Å²) in [5.41, 5.74) is 0.893. The molecule has 6 heteroatoms. The predicted octanol–water partition coefficient (Wildman–Crippen LogP) is 0.423. The van der Waals surface area contributed by atoms with Crippen LogP contribution in [0.1, 0.15) is 12.0 Å². The van der Waals surface area contributed by atoms with Crippen molar-refractivity contribution in [1.29, 1.82) is 0 Å². The minimum atomic E-state index is -0.827. The Bertz CT molecular complexity index is 425. The summed E-state index contributed by atoms with van der Waals surface area (Å²) < 4.78 is 10.4. The first-order valence-corrected chi connectivity index (χ1v) is 6.58. The predicted molar refractivity (Wildman–Crippen MR) is 71.0 cm³/mol. The molecule has 2 rings (SSSR count). The molecule has 1 amide bonds. The molecule has 3 N–H and O–H groups in total. The molecule has 1 saturated heterocycles. The van der Waals surface area contributed by atoms with Crippen LogP contribution in [-0.2, 0) is 16.1 Å². The molecule has 0 unspecified atom stereocenters. The lowest BCUT2D eigenvalue weighted by Gasteiger charge is -2.17. The Balaban J connectivity index is 1.75. The largest absolute Gasteiger partial charge is 0.445 e. The van der Waals surface area contributed by atoms with Gasteiger partial charge in [-0.2, -0.15) is 0 Å². The van der Waals surface area contributed by atoms with E-state index in [-0.39, 0.29) is 19.8 Å². The number of alkyl carbamates (subject to hydrolysis) is 1. The monoisotopic (exact) mass is 281 g/mol. The summed E-state index contributed by atoms with van der Waals surface area (Å²) in [6.07, 6.45) is -1.52. The molecule has 1 aliphatic heterocycles. The molecule has 1 aromatic rings. The number of hydrogen-bond acceptors (Lipinski definition) is 5. The van der Waals surface area contributed by atoms with Crippen LogP contribution in [-0.4, -0.2) is 47.8 Å². The molecule has 110 valence electrons. The summed E-state index contributed by atoms with van der Waals surface area (Å²) in [6, 6.07) is 8.83. The van der Waals surface area contributed by atoms with Crippen molar-refractivity contribution in [2.75, 3.05) is 13.2 Å². The Morgan fingerprint density at radius 2 is 2.15 bits per heavy atom. The van der Waals surface area contributed by atoms with Crippen LogP contribution in [0.25, 0.3) is 0 Å². The van der Waals surface area contributed by atoms with Crippen molar-refractivity contribution in [3.63, 3.8) is 0 Å². The highest BCUT2D eigenvalue weighted by Crippen LogP contribution is 2.17. The third kappa shape index (κ3) is 3.93. The molecule has 1 aromatic carbocycles. The van der Waals surface area contributed by atoms with Gasteiger partial charge in [-0.1, -0.05) is 30.3 Å². The highest BCUT2D eigenvalue weighted by atomic mass is 16.6. The molecular formula is C14H19NO5. The number of ether oxygens (including phenoxy) is 2. The number of carbonyl (C=O) groups excluding carboxylic acids is 1. The Morgan fingerprint density at radius 1 is 1.40 bits per heavy atom. The second-order valence-electron chi connectivity index (χ2n) is 4.69. The van der Waals surface area contributed by atoms with Gasteiger partial charge in [0, 0.05) is 6.61 Å². The maximum atomic E-state index is 11.6. The fourth-order valence-corrected chi connectivity index (χ4v) is 2.11. The maximum Gasteiger partial charge on any atom is 0.407 e. The van der Waals surface area contributed by atoms with Gasteiger partial charge in [-0.25, -0.2) is 4.79 Å². The summed E-state index contributed by atoms with van der Waals surface area (Å²) in [5.74, 6) is 0. The van der Waals surface area contributed by atoms with E-state index in [1.165, 1.54) is 0 Å². The van der Waals surface area contributed by atoms with E-state index in [0.717, 1.165) is 5.56 Å². The SMILES string of the molecule is O=C(N[C@H]1CO[C@@H](CCO)[C@H]1O)OCc1ccccc1. The second kappa shape index (κ2) is 7.23. The lowest BCUT2D eigenvalue weighted by Crippen LogP contribution is -2.44. The average molecular weight is 281 g/mol. The second-order valence-corrected chi connectivity index (χ2v) is 4.69.